The van der Waals surface area contributed by atoms with Crippen molar-refractivity contribution in [2.24, 2.45) is 5.92 Å². The summed E-state index contributed by atoms with van der Waals surface area (Å²) in [4.78, 5) is 0. The van der Waals surface area contributed by atoms with Crippen molar-refractivity contribution in [3.8, 4) is 22.6 Å². The van der Waals surface area contributed by atoms with Crippen LogP contribution in [0.5, 0.6) is 11.5 Å². The molecular formula is C28H26F6O2. The van der Waals surface area contributed by atoms with Crippen LogP contribution in [0.15, 0.2) is 60.7 Å². The zero-order chi connectivity index (χ0) is 25.9. The van der Waals surface area contributed by atoms with E-state index in [2.05, 4.69) is 11.7 Å². The highest BCUT2D eigenvalue weighted by Gasteiger charge is 2.36. The number of hydrogen-bond donors (Lipinski definition) is 0. The highest BCUT2D eigenvalue weighted by atomic mass is 19.3. The fraction of sp³-hybridized carbons (Fsp3) is 0.357. The maximum atomic E-state index is 15.1. The fourth-order valence-corrected chi connectivity index (χ4v) is 4.76. The largest absolute Gasteiger partial charge is 0.429 e. The number of benzene rings is 3. The number of halogens is 6. The lowest BCUT2D eigenvalue weighted by atomic mass is 9.78. The molecular weight excluding hydrogens is 482 g/mol. The third-order valence-corrected chi connectivity index (χ3v) is 6.78. The van der Waals surface area contributed by atoms with E-state index in [1.165, 1.54) is 36.4 Å². The Bertz CT molecular complexity index is 1150. The van der Waals surface area contributed by atoms with Gasteiger partial charge >= 0.3 is 12.7 Å². The lowest BCUT2D eigenvalue weighted by Gasteiger charge is -2.28. The Morgan fingerprint density at radius 1 is 0.889 bits per heavy atom. The monoisotopic (exact) mass is 508 g/mol. The van der Waals surface area contributed by atoms with Crippen LogP contribution in [0.4, 0.5) is 26.3 Å². The first kappa shape index (κ1) is 25.9. The van der Waals surface area contributed by atoms with Gasteiger partial charge in [-0.2, -0.15) is 17.6 Å². The van der Waals surface area contributed by atoms with Crippen LogP contribution in [0.2, 0.25) is 0 Å². The normalized spacial score (nSPS) is 18.3. The molecule has 3 aromatic carbocycles. The predicted molar refractivity (Wildman–Crippen MR) is 124 cm³/mol. The van der Waals surface area contributed by atoms with Crippen LogP contribution >= 0.6 is 0 Å². The molecule has 0 heterocycles. The van der Waals surface area contributed by atoms with Gasteiger partial charge in [0.05, 0.1) is 5.56 Å². The van der Waals surface area contributed by atoms with E-state index in [0.717, 1.165) is 55.7 Å². The van der Waals surface area contributed by atoms with E-state index >= 15 is 8.78 Å². The van der Waals surface area contributed by atoms with Crippen molar-refractivity contribution in [1.82, 2.24) is 0 Å². The molecule has 0 saturated heterocycles. The van der Waals surface area contributed by atoms with Crippen molar-refractivity contribution < 1.29 is 35.8 Å². The summed E-state index contributed by atoms with van der Waals surface area (Å²) in [5, 5.41) is 0. The van der Waals surface area contributed by atoms with Crippen molar-refractivity contribution in [3.63, 3.8) is 0 Å². The minimum Gasteiger partial charge on any atom is -0.429 e. The SMILES string of the molecule is CCC1CCC(c2ccc(C(F)(F)Oc3ccccc3-c3cc(F)c(OC(F)F)c(F)c3)cc2)CC1. The van der Waals surface area contributed by atoms with Crippen LogP contribution in [0, 0.1) is 17.6 Å². The molecule has 0 amide bonds. The minimum atomic E-state index is -3.73. The zero-order valence-corrected chi connectivity index (χ0v) is 19.6. The summed E-state index contributed by atoms with van der Waals surface area (Å²) in [6.07, 6.45) is 1.76. The average molecular weight is 509 g/mol. The summed E-state index contributed by atoms with van der Waals surface area (Å²) in [7, 11) is 0. The Kier molecular flexibility index (Phi) is 7.81. The molecule has 0 radical (unpaired) electrons. The molecule has 0 atom stereocenters. The molecule has 2 nitrogen and oxygen atoms in total. The van der Waals surface area contributed by atoms with Crippen molar-refractivity contribution in [3.05, 3.63) is 83.4 Å². The molecule has 0 unspecified atom stereocenters. The molecule has 1 aliphatic carbocycles. The Labute approximate surface area is 205 Å². The summed E-state index contributed by atoms with van der Waals surface area (Å²) in [5.74, 6) is -3.29. The van der Waals surface area contributed by atoms with E-state index in [1.54, 1.807) is 12.1 Å². The highest BCUT2D eigenvalue weighted by molar-refractivity contribution is 5.71. The van der Waals surface area contributed by atoms with Gasteiger partial charge in [0.1, 0.15) is 5.75 Å². The maximum absolute atomic E-state index is 15.1. The van der Waals surface area contributed by atoms with Gasteiger partial charge in [-0.25, -0.2) is 8.78 Å². The second-order valence-corrected chi connectivity index (χ2v) is 9.01. The van der Waals surface area contributed by atoms with E-state index in [4.69, 9.17) is 4.74 Å². The third-order valence-electron chi connectivity index (χ3n) is 6.78. The molecule has 1 aliphatic rings. The second-order valence-electron chi connectivity index (χ2n) is 9.01. The highest BCUT2D eigenvalue weighted by Crippen LogP contribution is 2.41. The molecule has 0 bridgehead atoms. The Balaban J connectivity index is 1.55. The summed E-state index contributed by atoms with van der Waals surface area (Å²) in [6, 6.07) is 13.0. The molecule has 4 rings (SSSR count). The third kappa shape index (κ3) is 5.79. The summed E-state index contributed by atoms with van der Waals surface area (Å²) < 4.78 is 92.4. The standard InChI is InChI=1S/C28H26F6O2/c1-2-17-7-9-18(10-8-17)19-11-13-21(14-12-19)28(33,34)36-25-6-4-3-5-22(25)20-15-23(29)26(24(30)16-20)35-27(31)32/h3-6,11-18,27H,2,7-10H2,1H3. The molecule has 1 fully saturated rings. The van der Waals surface area contributed by atoms with E-state index in [9.17, 15) is 17.6 Å². The summed E-state index contributed by atoms with van der Waals surface area (Å²) in [6.45, 7) is -1.24. The number of rotatable bonds is 8. The summed E-state index contributed by atoms with van der Waals surface area (Å²) >= 11 is 0. The van der Waals surface area contributed by atoms with Crippen LogP contribution in [-0.4, -0.2) is 6.61 Å². The first-order valence-corrected chi connectivity index (χ1v) is 11.9. The minimum absolute atomic E-state index is 0.0390. The maximum Gasteiger partial charge on any atom is 0.426 e. The Morgan fingerprint density at radius 2 is 1.50 bits per heavy atom. The summed E-state index contributed by atoms with van der Waals surface area (Å²) in [5.41, 5.74) is 0.446. The van der Waals surface area contributed by atoms with E-state index < -0.39 is 30.1 Å². The van der Waals surface area contributed by atoms with Crippen molar-refractivity contribution in [2.75, 3.05) is 0 Å². The van der Waals surface area contributed by atoms with Crippen LogP contribution in [0.25, 0.3) is 11.1 Å². The van der Waals surface area contributed by atoms with Crippen molar-refractivity contribution >= 4 is 0 Å². The number of alkyl halides is 4. The van der Waals surface area contributed by atoms with Gasteiger partial charge < -0.3 is 9.47 Å². The predicted octanol–water partition coefficient (Wildman–Crippen LogP) is 9.05. The van der Waals surface area contributed by atoms with Crippen molar-refractivity contribution in [1.29, 1.82) is 0 Å². The smallest absolute Gasteiger partial charge is 0.426 e. The van der Waals surface area contributed by atoms with Gasteiger partial charge in [0.15, 0.2) is 17.4 Å². The quantitative estimate of drug-likeness (QED) is 0.283. The van der Waals surface area contributed by atoms with Gasteiger partial charge in [-0.1, -0.05) is 43.7 Å². The van der Waals surface area contributed by atoms with Gasteiger partial charge in [-0.05, 0) is 79.0 Å². The molecule has 192 valence electrons. The van der Waals surface area contributed by atoms with E-state index in [1.807, 2.05) is 0 Å². The van der Waals surface area contributed by atoms with Crippen LogP contribution < -0.4 is 9.47 Å². The van der Waals surface area contributed by atoms with Gasteiger partial charge in [-0.3, -0.25) is 0 Å². The van der Waals surface area contributed by atoms with Gasteiger partial charge in [0.25, 0.3) is 0 Å². The van der Waals surface area contributed by atoms with E-state index in [-0.39, 0.29) is 22.4 Å². The molecule has 3 aromatic rings. The van der Waals surface area contributed by atoms with Gasteiger partial charge in [-0.15, -0.1) is 0 Å². The number of ether oxygens (including phenoxy) is 2. The van der Waals surface area contributed by atoms with Crippen molar-refractivity contribution in [2.45, 2.75) is 57.7 Å². The molecule has 36 heavy (non-hydrogen) atoms. The van der Waals surface area contributed by atoms with Crippen LogP contribution in [0.1, 0.15) is 56.1 Å². The number of hydrogen-bond acceptors (Lipinski definition) is 2. The molecule has 0 spiro atoms. The van der Waals surface area contributed by atoms with Crippen LogP contribution in [-0.2, 0) is 6.11 Å². The molecule has 0 aliphatic heterocycles. The average Bonchev–Trinajstić information content (AvgIpc) is 2.86. The van der Waals surface area contributed by atoms with Crippen LogP contribution in [0.3, 0.4) is 0 Å². The first-order chi connectivity index (χ1) is 17.2. The lowest BCUT2D eigenvalue weighted by Crippen LogP contribution is -2.22. The number of para-hydroxylation sites is 1. The topological polar surface area (TPSA) is 18.5 Å². The first-order valence-electron chi connectivity index (χ1n) is 11.9. The molecule has 0 aromatic heterocycles. The molecule has 1 saturated carbocycles. The second kappa shape index (κ2) is 10.8. The lowest BCUT2D eigenvalue weighted by molar-refractivity contribution is -0.185. The zero-order valence-electron chi connectivity index (χ0n) is 19.6. The molecule has 8 heteroatoms. The van der Waals surface area contributed by atoms with E-state index in [0.29, 0.717) is 5.92 Å². The Hall–Kier alpha value is -3.16. The fourth-order valence-electron chi connectivity index (χ4n) is 4.76. The Morgan fingerprint density at radius 3 is 2.08 bits per heavy atom. The molecule has 0 N–H and O–H groups in total. The van der Waals surface area contributed by atoms with Gasteiger partial charge in [0.2, 0.25) is 0 Å². The van der Waals surface area contributed by atoms with Gasteiger partial charge in [0, 0.05) is 5.56 Å².